The van der Waals surface area contributed by atoms with E-state index in [9.17, 15) is 0 Å². The smallest absolute Gasteiger partial charge is 0.185 e. The molecule has 0 bridgehead atoms. The summed E-state index contributed by atoms with van der Waals surface area (Å²) in [6.07, 6.45) is 9.27. The van der Waals surface area contributed by atoms with E-state index < -0.39 is 6.29 Å². The highest BCUT2D eigenvalue weighted by molar-refractivity contribution is 5.60. The number of hydrogen-bond acceptors (Lipinski definition) is 2. The van der Waals surface area contributed by atoms with Crippen LogP contribution in [0.3, 0.4) is 0 Å². The van der Waals surface area contributed by atoms with Gasteiger partial charge in [0.2, 0.25) is 0 Å². The van der Waals surface area contributed by atoms with Crippen LogP contribution >= 0.6 is 0 Å². The molecular formula is C44H50O2. The Balaban J connectivity index is 1.85. The van der Waals surface area contributed by atoms with E-state index in [4.69, 9.17) is 9.47 Å². The van der Waals surface area contributed by atoms with Crippen LogP contribution in [0.5, 0.6) is 0 Å². The largest absolute Gasteiger partial charge is 0.342 e. The summed E-state index contributed by atoms with van der Waals surface area (Å²) in [5.74, 6) is 33.9. The van der Waals surface area contributed by atoms with Gasteiger partial charge in [0.25, 0.3) is 0 Å². The quantitative estimate of drug-likeness (QED) is 0.322. The first kappa shape index (κ1) is 35.0. The fourth-order valence-corrected chi connectivity index (χ4v) is 5.25. The molecule has 2 aromatic rings. The monoisotopic (exact) mass is 610 g/mol. The van der Waals surface area contributed by atoms with Crippen LogP contribution in [-0.4, -0.2) is 12.2 Å². The second-order valence-electron chi connectivity index (χ2n) is 14.5. The SMILES string of the molecule is CCCC#Cc1cc(C#CCCC)cc(C#Cc2cc(C#CC(C)(C)C)c(C3OC4CCCCCC4O3)cc2C#CC(C)(C)C)c1. The maximum Gasteiger partial charge on any atom is 0.185 e. The van der Waals surface area contributed by atoms with Crippen molar-refractivity contribution < 1.29 is 9.47 Å². The zero-order chi connectivity index (χ0) is 33.2. The number of unbranched alkanes of at least 4 members (excludes halogenated alkanes) is 2. The highest BCUT2D eigenvalue weighted by atomic mass is 16.7. The third kappa shape index (κ3) is 10.9. The first-order chi connectivity index (χ1) is 21.9. The van der Waals surface area contributed by atoms with Gasteiger partial charge in [-0.2, -0.15) is 0 Å². The van der Waals surface area contributed by atoms with E-state index >= 15 is 0 Å². The van der Waals surface area contributed by atoms with Crippen LogP contribution in [0.4, 0.5) is 0 Å². The molecule has 238 valence electrons. The zero-order valence-electron chi connectivity index (χ0n) is 29.3. The van der Waals surface area contributed by atoms with Gasteiger partial charge in [0.05, 0.1) is 12.2 Å². The Morgan fingerprint density at radius 3 is 1.54 bits per heavy atom. The van der Waals surface area contributed by atoms with Crippen molar-refractivity contribution in [2.45, 2.75) is 132 Å². The third-order valence-electron chi connectivity index (χ3n) is 7.57. The zero-order valence-corrected chi connectivity index (χ0v) is 29.3. The van der Waals surface area contributed by atoms with Crippen molar-refractivity contribution in [3.63, 3.8) is 0 Å². The Labute approximate surface area is 279 Å². The highest BCUT2D eigenvalue weighted by Gasteiger charge is 2.38. The molecule has 46 heavy (non-hydrogen) atoms. The van der Waals surface area contributed by atoms with Crippen LogP contribution in [0.15, 0.2) is 30.3 Å². The molecule has 2 fully saturated rings. The summed E-state index contributed by atoms with van der Waals surface area (Å²) < 4.78 is 13.2. The highest BCUT2D eigenvalue weighted by Crippen LogP contribution is 2.39. The van der Waals surface area contributed by atoms with Crippen LogP contribution in [0.25, 0.3) is 0 Å². The van der Waals surface area contributed by atoms with Gasteiger partial charge in [0.15, 0.2) is 6.29 Å². The Morgan fingerprint density at radius 1 is 0.565 bits per heavy atom. The molecule has 0 radical (unpaired) electrons. The molecule has 0 N–H and O–H groups in total. The predicted molar refractivity (Wildman–Crippen MR) is 191 cm³/mol. The molecule has 1 heterocycles. The summed E-state index contributed by atoms with van der Waals surface area (Å²) in [6, 6.07) is 10.4. The molecule has 2 aromatic carbocycles. The first-order valence-electron chi connectivity index (χ1n) is 17.1. The lowest BCUT2D eigenvalue weighted by atomic mass is 9.93. The lowest BCUT2D eigenvalue weighted by Crippen LogP contribution is -2.20. The second kappa shape index (κ2) is 16.1. The number of hydrogen-bond donors (Lipinski definition) is 0. The van der Waals surface area contributed by atoms with Crippen LogP contribution in [0.1, 0.15) is 158 Å². The van der Waals surface area contributed by atoms with Gasteiger partial charge in [-0.05, 0) is 97.6 Å². The topological polar surface area (TPSA) is 18.5 Å². The standard InChI is InChI=1S/C44H50O2/c1-9-11-14-18-33-28-34(19-15-12-10-2)30-35(29-33)22-23-36-31-38(25-27-44(6,7)8)39(32-37(36)24-26-43(3,4)5)42-45-40-20-16-13-17-21-41(40)46-42/h28-32,40-42H,9-13,16-17,20-21H2,1-8H3. The summed E-state index contributed by atoms with van der Waals surface area (Å²) in [5.41, 5.74) is 5.95. The van der Waals surface area contributed by atoms with Gasteiger partial charge in [-0.1, -0.05) is 92.3 Å². The third-order valence-corrected chi connectivity index (χ3v) is 7.57. The molecule has 4 rings (SSSR count). The minimum Gasteiger partial charge on any atom is -0.342 e. The molecule has 2 unspecified atom stereocenters. The average Bonchev–Trinajstić information content (AvgIpc) is 3.27. The van der Waals surface area contributed by atoms with E-state index in [1.807, 2.05) is 0 Å². The van der Waals surface area contributed by atoms with E-state index in [2.05, 4.69) is 145 Å². The van der Waals surface area contributed by atoms with Crippen molar-refractivity contribution in [2.75, 3.05) is 0 Å². The van der Waals surface area contributed by atoms with Gasteiger partial charge in [0, 0.05) is 62.6 Å². The van der Waals surface area contributed by atoms with E-state index in [-0.39, 0.29) is 23.0 Å². The molecule has 0 amide bonds. The number of benzene rings is 2. The molecule has 1 aliphatic carbocycles. The Bertz CT molecular complexity index is 1650. The van der Waals surface area contributed by atoms with Gasteiger partial charge in [0.1, 0.15) is 0 Å². The molecule has 2 aliphatic rings. The normalized spacial score (nSPS) is 18.8. The lowest BCUT2D eigenvalue weighted by Gasteiger charge is -2.16. The van der Waals surface area contributed by atoms with Crippen LogP contribution in [0.2, 0.25) is 0 Å². The molecule has 1 saturated heterocycles. The fraction of sp³-hybridized carbons (Fsp3) is 0.500. The Hall–Kier alpha value is -3.84. The molecule has 0 aromatic heterocycles. The van der Waals surface area contributed by atoms with Crippen molar-refractivity contribution in [2.24, 2.45) is 10.8 Å². The van der Waals surface area contributed by atoms with Gasteiger partial charge < -0.3 is 9.47 Å². The minimum absolute atomic E-state index is 0.127. The van der Waals surface area contributed by atoms with Crippen LogP contribution in [0, 0.1) is 70.0 Å². The molecule has 2 heteroatoms. The first-order valence-corrected chi connectivity index (χ1v) is 17.1. The van der Waals surface area contributed by atoms with E-state index in [0.717, 1.165) is 77.5 Å². The fourth-order valence-electron chi connectivity index (χ4n) is 5.25. The van der Waals surface area contributed by atoms with E-state index in [0.29, 0.717) is 0 Å². The van der Waals surface area contributed by atoms with Crippen molar-refractivity contribution in [3.8, 4) is 59.2 Å². The molecule has 2 nitrogen and oxygen atoms in total. The molecule has 0 spiro atoms. The second-order valence-corrected chi connectivity index (χ2v) is 14.5. The van der Waals surface area contributed by atoms with Gasteiger partial charge in [-0.25, -0.2) is 0 Å². The maximum absolute atomic E-state index is 6.58. The molecule has 1 saturated carbocycles. The van der Waals surface area contributed by atoms with E-state index in [1.54, 1.807) is 0 Å². The Kier molecular flexibility index (Phi) is 12.3. The predicted octanol–water partition coefficient (Wildman–Crippen LogP) is 9.93. The summed E-state index contributed by atoms with van der Waals surface area (Å²) in [6.45, 7) is 17.0. The van der Waals surface area contributed by atoms with Crippen LogP contribution in [-0.2, 0) is 9.47 Å². The Morgan fingerprint density at radius 2 is 1.04 bits per heavy atom. The summed E-state index contributed by atoms with van der Waals surface area (Å²) in [7, 11) is 0. The average molecular weight is 611 g/mol. The van der Waals surface area contributed by atoms with Crippen LogP contribution < -0.4 is 0 Å². The summed E-state index contributed by atoms with van der Waals surface area (Å²) in [4.78, 5) is 0. The van der Waals surface area contributed by atoms with Gasteiger partial charge in [-0.3, -0.25) is 0 Å². The van der Waals surface area contributed by atoms with Gasteiger partial charge >= 0.3 is 0 Å². The van der Waals surface area contributed by atoms with Crippen molar-refractivity contribution in [3.05, 3.63) is 69.3 Å². The molecule has 1 aliphatic heterocycles. The van der Waals surface area contributed by atoms with Crippen molar-refractivity contribution in [1.82, 2.24) is 0 Å². The molecular weight excluding hydrogens is 560 g/mol. The molecule has 2 atom stereocenters. The van der Waals surface area contributed by atoms with Crippen molar-refractivity contribution >= 4 is 0 Å². The number of ether oxygens (including phenoxy) is 2. The van der Waals surface area contributed by atoms with Gasteiger partial charge in [-0.15, -0.1) is 0 Å². The number of fused-ring (bicyclic) bond motifs is 1. The minimum atomic E-state index is -0.461. The summed E-state index contributed by atoms with van der Waals surface area (Å²) in [5, 5.41) is 0. The van der Waals surface area contributed by atoms with Crippen molar-refractivity contribution in [1.29, 1.82) is 0 Å². The number of rotatable bonds is 3. The summed E-state index contributed by atoms with van der Waals surface area (Å²) >= 11 is 0. The lowest BCUT2D eigenvalue weighted by molar-refractivity contribution is -0.0717. The van der Waals surface area contributed by atoms with E-state index in [1.165, 1.54) is 19.3 Å². The maximum atomic E-state index is 6.58.